The second-order valence-electron chi connectivity index (χ2n) is 7.95. The van der Waals surface area contributed by atoms with Crippen LogP contribution in [0.15, 0.2) is 72.8 Å². The summed E-state index contributed by atoms with van der Waals surface area (Å²) in [6.45, 7) is 2.81. The lowest BCUT2D eigenvalue weighted by atomic mass is 10.1. The molecule has 1 atom stereocenters. The van der Waals surface area contributed by atoms with Crippen LogP contribution in [0.1, 0.15) is 24.5 Å². The summed E-state index contributed by atoms with van der Waals surface area (Å²) in [5.41, 5.74) is 9.32. The Hall–Kier alpha value is -3.51. The van der Waals surface area contributed by atoms with Gasteiger partial charge in [0.25, 0.3) is 0 Å². The first-order valence-electron chi connectivity index (χ1n) is 10.9. The highest BCUT2D eigenvalue weighted by molar-refractivity contribution is 6.30. The molecule has 6 nitrogen and oxygen atoms in total. The van der Waals surface area contributed by atoms with Gasteiger partial charge in [0.2, 0.25) is 11.8 Å². The standard InChI is InChI=1S/C26H26ClN3O3/c1-2-18-9-13-22(14-10-18)30-16-20(15-25(30)31)26(32)29-28-23-5-3-4-6-24(23)33-17-19-7-11-21(27)12-8-19/h3-14,20,28H,2,15-17H2,1H3,(H,29,32)/t20-/m0/s1. The number of anilines is 2. The van der Waals surface area contributed by atoms with Crippen molar-refractivity contribution in [2.45, 2.75) is 26.4 Å². The topological polar surface area (TPSA) is 70.7 Å². The lowest BCUT2D eigenvalue weighted by molar-refractivity contribution is -0.125. The maximum absolute atomic E-state index is 12.8. The van der Waals surface area contributed by atoms with E-state index in [1.807, 2.05) is 72.8 Å². The monoisotopic (exact) mass is 463 g/mol. The summed E-state index contributed by atoms with van der Waals surface area (Å²) in [4.78, 5) is 26.9. The minimum absolute atomic E-state index is 0.0499. The Balaban J connectivity index is 1.34. The van der Waals surface area contributed by atoms with Gasteiger partial charge >= 0.3 is 0 Å². The molecule has 1 fully saturated rings. The predicted molar refractivity (Wildman–Crippen MR) is 130 cm³/mol. The summed E-state index contributed by atoms with van der Waals surface area (Å²) in [6, 6.07) is 22.7. The van der Waals surface area contributed by atoms with Crippen molar-refractivity contribution in [2.24, 2.45) is 5.92 Å². The van der Waals surface area contributed by atoms with E-state index in [1.165, 1.54) is 5.56 Å². The number of halogens is 1. The second-order valence-corrected chi connectivity index (χ2v) is 8.39. The van der Waals surface area contributed by atoms with Gasteiger partial charge in [0.05, 0.1) is 11.6 Å². The van der Waals surface area contributed by atoms with Crippen molar-refractivity contribution in [3.8, 4) is 5.75 Å². The molecule has 170 valence electrons. The molecule has 0 saturated carbocycles. The molecule has 2 N–H and O–H groups in total. The molecular formula is C26H26ClN3O3. The third kappa shape index (κ3) is 5.65. The molecule has 0 aliphatic carbocycles. The molecule has 7 heteroatoms. The summed E-state index contributed by atoms with van der Waals surface area (Å²) in [7, 11) is 0. The number of benzene rings is 3. The fourth-order valence-electron chi connectivity index (χ4n) is 3.71. The summed E-state index contributed by atoms with van der Waals surface area (Å²) in [5.74, 6) is -0.111. The van der Waals surface area contributed by atoms with Crippen molar-refractivity contribution in [1.82, 2.24) is 5.43 Å². The van der Waals surface area contributed by atoms with Gasteiger partial charge < -0.3 is 9.64 Å². The Morgan fingerprint density at radius 2 is 1.73 bits per heavy atom. The molecule has 1 heterocycles. The van der Waals surface area contributed by atoms with E-state index in [0.717, 1.165) is 17.7 Å². The normalized spacial score (nSPS) is 15.4. The van der Waals surface area contributed by atoms with Crippen molar-refractivity contribution in [3.63, 3.8) is 0 Å². The molecule has 3 aromatic rings. The van der Waals surface area contributed by atoms with Crippen LogP contribution in [0.3, 0.4) is 0 Å². The Labute approximate surface area is 198 Å². The number of hydrazine groups is 1. The lowest BCUT2D eigenvalue weighted by Gasteiger charge is -2.18. The maximum Gasteiger partial charge on any atom is 0.243 e. The Morgan fingerprint density at radius 1 is 1.03 bits per heavy atom. The summed E-state index contributed by atoms with van der Waals surface area (Å²) < 4.78 is 5.91. The smallest absolute Gasteiger partial charge is 0.243 e. The van der Waals surface area contributed by atoms with E-state index < -0.39 is 5.92 Å². The van der Waals surface area contributed by atoms with E-state index in [1.54, 1.807) is 4.90 Å². The molecule has 0 spiro atoms. The number of hydrogen-bond acceptors (Lipinski definition) is 4. The van der Waals surface area contributed by atoms with Crippen LogP contribution in [0.5, 0.6) is 5.75 Å². The number of carbonyl (C=O) groups excluding carboxylic acids is 2. The average Bonchev–Trinajstić information content (AvgIpc) is 3.24. The van der Waals surface area contributed by atoms with Gasteiger partial charge in [-0.1, -0.05) is 54.9 Å². The zero-order valence-corrected chi connectivity index (χ0v) is 19.1. The number of para-hydroxylation sites is 2. The highest BCUT2D eigenvalue weighted by Crippen LogP contribution is 2.27. The molecule has 4 rings (SSSR count). The van der Waals surface area contributed by atoms with Crippen molar-refractivity contribution in [3.05, 3.63) is 88.9 Å². The fourth-order valence-corrected chi connectivity index (χ4v) is 3.84. The van der Waals surface area contributed by atoms with Crippen molar-refractivity contribution in [1.29, 1.82) is 0 Å². The van der Waals surface area contributed by atoms with E-state index >= 15 is 0 Å². The van der Waals surface area contributed by atoms with Crippen LogP contribution < -0.4 is 20.5 Å². The molecule has 2 amide bonds. The van der Waals surface area contributed by atoms with E-state index in [-0.39, 0.29) is 18.2 Å². The van der Waals surface area contributed by atoms with Crippen LogP contribution in [-0.2, 0) is 22.6 Å². The van der Waals surface area contributed by atoms with Crippen LogP contribution >= 0.6 is 11.6 Å². The van der Waals surface area contributed by atoms with Crippen LogP contribution in [0.4, 0.5) is 11.4 Å². The lowest BCUT2D eigenvalue weighted by Crippen LogP contribution is -2.36. The van der Waals surface area contributed by atoms with Gasteiger partial charge in [0, 0.05) is 23.7 Å². The molecular weight excluding hydrogens is 438 g/mol. The molecule has 1 saturated heterocycles. The number of nitrogens with one attached hydrogen (secondary N) is 2. The van der Waals surface area contributed by atoms with Crippen molar-refractivity contribution in [2.75, 3.05) is 16.9 Å². The Bertz CT molecular complexity index is 1120. The minimum atomic E-state index is -0.432. The van der Waals surface area contributed by atoms with Gasteiger partial charge in [0.1, 0.15) is 12.4 Å². The number of ether oxygens (including phenoxy) is 1. The van der Waals surface area contributed by atoms with Crippen LogP contribution in [0, 0.1) is 5.92 Å². The van der Waals surface area contributed by atoms with Gasteiger partial charge in [-0.2, -0.15) is 0 Å². The third-order valence-corrected chi connectivity index (χ3v) is 5.92. The molecule has 0 unspecified atom stereocenters. The highest BCUT2D eigenvalue weighted by atomic mass is 35.5. The third-order valence-electron chi connectivity index (χ3n) is 5.67. The molecule has 3 aromatic carbocycles. The summed E-state index contributed by atoms with van der Waals surface area (Å²) in [6.07, 6.45) is 1.12. The first-order valence-corrected chi connectivity index (χ1v) is 11.3. The van der Waals surface area contributed by atoms with Gasteiger partial charge in [-0.05, 0) is 53.9 Å². The number of carbonyl (C=O) groups is 2. The average molecular weight is 464 g/mol. The van der Waals surface area contributed by atoms with Gasteiger partial charge in [-0.25, -0.2) is 0 Å². The van der Waals surface area contributed by atoms with Crippen LogP contribution in [-0.4, -0.2) is 18.4 Å². The quantitative estimate of drug-likeness (QED) is 0.462. The molecule has 0 radical (unpaired) electrons. The van der Waals surface area contributed by atoms with Crippen LogP contribution in [0.25, 0.3) is 0 Å². The second kappa shape index (κ2) is 10.4. The van der Waals surface area contributed by atoms with E-state index in [4.69, 9.17) is 16.3 Å². The molecule has 0 aromatic heterocycles. The highest BCUT2D eigenvalue weighted by Gasteiger charge is 2.35. The summed E-state index contributed by atoms with van der Waals surface area (Å²) >= 11 is 5.93. The number of nitrogens with zero attached hydrogens (tertiary/aromatic N) is 1. The number of aryl methyl sites for hydroxylation is 1. The number of hydrogen-bond donors (Lipinski definition) is 2. The molecule has 33 heavy (non-hydrogen) atoms. The van der Waals surface area contributed by atoms with E-state index in [0.29, 0.717) is 29.6 Å². The SMILES string of the molecule is CCc1ccc(N2C[C@@H](C(=O)NNc3ccccc3OCc3ccc(Cl)cc3)CC2=O)cc1. The fraction of sp³-hybridized carbons (Fsp3) is 0.231. The Kier molecular flexibility index (Phi) is 7.15. The van der Waals surface area contributed by atoms with Gasteiger partial charge in [-0.3, -0.25) is 20.4 Å². The molecule has 1 aliphatic rings. The van der Waals surface area contributed by atoms with Crippen molar-refractivity contribution >= 4 is 34.8 Å². The minimum Gasteiger partial charge on any atom is -0.487 e. The van der Waals surface area contributed by atoms with Crippen LogP contribution in [0.2, 0.25) is 5.02 Å². The number of amides is 2. The molecule has 0 bridgehead atoms. The Morgan fingerprint density at radius 3 is 2.45 bits per heavy atom. The zero-order valence-electron chi connectivity index (χ0n) is 18.4. The van der Waals surface area contributed by atoms with Gasteiger partial charge in [0.15, 0.2) is 0 Å². The van der Waals surface area contributed by atoms with E-state index in [9.17, 15) is 9.59 Å². The zero-order chi connectivity index (χ0) is 23.2. The maximum atomic E-state index is 12.8. The summed E-state index contributed by atoms with van der Waals surface area (Å²) in [5, 5.41) is 0.672. The van der Waals surface area contributed by atoms with Crippen molar-refractivity contribution < 1.29 is 14.3 Å². The van der Waals surface area contributed by atoms with Gasteiger partial charge in [-0.15, -0.1) is 0 Å². The van der Waals surface area contributed by atoms with E-state index in [2.05, 4.69) is 17.8 Å². The first-order chi connectivity index (χ1) is 16.0. The largest absolute Gasteiger partial charge is 0.487 e. The first kappa shape index (κ1) is 22.7. The number of rotatable bonds is 8. The molecule has 1 aliphatic heterocycles. The predicted octanol–water partition coefficient (Wildman–Crippen LogP) is 4.98.